The molecule has 3 aliphatic rings. The number of hydrogen-bond donors (Lipinski definition) is 2. The number of fused-ring (bicyclic) bond motifs is 2. The van der Waals surface area contributed by atoms with E-state index in [1.165, 1.54) is 5.56 Å². The molecule has 3 aromatic rings. The number of benzene rings is 2. The van der Waals surface area contributed by atoms with Gasteiger partial charge in [0.25, 0.3) is 0 Å². The molecule has 2 saturated heterocycles. The summed E-state index contributed by atoms with van der Waals surface area (Å²) in [6.07, 6.45) is -2.67. The zero-order valence-electron chi connectivity index (χ0n) is 24.3. The zero-order valence-corrected chi connectivity index (χ0v) is 24.3. The van der Waals surface area contributed by atoms with Crippen LogP contribution in [0.5, 0.6) is 0 Å². The summed E-state index contributed by atoms with van der Waals surface area (Å²) in [5, 5.41) is 25.3. The first-order valence-corrected chi connectivity index (χ1v) is 14.7. The van der Waals surface area contributed by atoms with Crippen LogP contribution < -0.4 is 0 Å². The second-order valence-corrected chi connectivity index (χ2v) is 11.7. The molecule has 0 amide bonds. The van der Waals surface area contributed by atoms with E-state index in [0.717, 1.165) is 66.3 Å². The zero-order chi connectivity index (χ0) is 29.3. The lowest BCUT2D eigenvalue weighted by molar-refractivity contribution is -0.228. The van der Waals surface area contributed by atoms with Gasteiger partial charge in [-0.25, -0.2) is 0 Å². The van der Waals surface area contributed by atoms with E-state index in [2.05, 4.69) is 64.7 Å². The van der Waals surface area contributed by atoms with Crippen molar-refractivity contribution in [3.8, 4) is 22.4 Å². The van der Waals surface area contributed by atoms with Crippen LogP contribution in [-0.4, -0.2) is 82.0 Å². The normalized spacial score (nSPS) is 26.1. The summed E-state index contributed by atoms with van der Waals surface area (Å²) in [6.45, 7) is 7.92. The van der Waals surface area contributed by atoms with E-state index in [0.29, 0.717) is 0 Å². The smallest absolute Gasteiger partial charge is 0.190 e. The monoisotopic (exact) mass is 573 g/mol. The highest BCUT2D eigenvalue weighted by Gasteiger charge is 2.56. The van der Waals surface area contributed by atoms with Gasteiger partial charge in [0.05, 0.1) is 11.4 Å². The molecular weight excluding hydrogens is 534 g/mol. The number of aliphatic hydroxyl groups excluding tert-OH is 2. The minimum absolute atomic E-state index is 0.101. The van der Waals surface area contributed by atoms with Crippen LogP contribution in [0.1, 0.15) is 38.4 Å². The third kappa shape index (κ3) is 6.27. The van der Waals surface area contributed by atoms with Crippen molar-refractivity contribution >= 4 is 5.71 Å². The highest BCUT2D eigenvalue weighted by molar-refractivity contribution is 5.82. The van der Waals surface area contributed by atoms with Crippen LogP contribution in [0.25, 0.3) is 22.4 Å². The first kappa shape index (κ1) is 28.9. The van der Waals surface area contributed by atoms with Crippen molar-refractivity contribution in [1.82, 2.24) is 9.88 Å². The Morgan fingerprint density at radius 1 is 1.10 bits per heavy atom. The van der Waals surface area contributed by atoms with Gasteiger partial charge in [0.2, 0.25) is 0 Å². The highest BCUT2D eigenvalue weighted by Crippen LogP contribution is 2.38. The lowest BCUT2D eigenvalue weighted by Crippen LogP contribution is -2.42. The van der Waals surface area contributed by atoms with Crippen LogP contribution in [-0.2, 0) is 32.0 Å². The Morgan fingerprint density at radius 3 is 2.52 bits per heavy atom. The molecule has 3 aliphatic heterocycles. The quantitative estimate of drug-likeness (QED) is 0.291. The van der Waals surface area contributed by atoms with Gasteiger partial charge >= 0.3 is 0 Å². The van der Waals surface area contributed by atoms with E-state index in [9.17, 15) is 10.2 Å². The predicted molar refractivity (Wildman–Crippen MR) is 158 cm³/mol. The van der Waals surface area contributed by atoms with E-state index < -0.39 is 36.5 Å². The van der Waals surface area contributed by atoms with Crippen molar-refractivity contribution in [3.05, 3.63) is 78.0 Å². The standard InChI is InChI=1S/C33H39N3O6/c1-21(35-39-20-27(37)30-29(38)31-32(40-30)42-33(2,3)41-31)14-16-36-17-15-26-24(19-36)18-25(22-10-6-4-7-11-22)28(34-26)23-12-8-5-9-13-23/h4-13,18,27,29-32,37-38H,14-17,19-20H2,1-3H3/b35-21+/t27-,29+,30+,31-,32-/m1/s1. The Labute approximate surface area is 246 Å². The van der Waals surface area contributed by atoms with Gasteiger partial charge in [0.1, 0.15) is 31.0 Å². The molecule has 42 heavy (non-hydrogen) atoms. The molecule has 0 spiro atoms. The first-order valence-electron chi connectivity index (χ1n) is 14.7. The van der Waals surface area contributed by atoms with Crippen LogP contribution >= 0.6 is 0 Å². The third-order valence-electron chi connectivity index (χ3n) is 8.07. The van der Waals surface area contributed by atoms with E-state index in [1.807, 2.05) is 19.1 Å². The Morgan fingerprint density at radius 2 is 1.81 bits per heavy atom. The van der Waals surface area contributed by atoms with Crippen molar-refractivity contribution < 1.29 is 29.3 Å². The number of rotatable bonds is 9. The summed E-state index contributed by atoms with van der Waals surface area (Å²) < 4.78 is 17.0. The summed E-state index contributed by atoms with van der Waals surface area (Å²) in [7, 11) is 0. The maximum atomic E-state index is 10.5. The van der Waals surface area contributed by atoms with E-state index in [1.54, 1.807) is 13.8 Å². The number of hydrogen-bond acceptors (Lipinski definition) is 9. The fraction of sp³-hybridized carbons (Fsp3) is 0.455. The van der Waals surface area contributed by atoms with Crippen molar-refractivity contribution in [1.29, 1.82) is 0 Å². The lowest BCUT2D eigenvalue weighted by atomic mass is 9.94. The number of aromatic nitrogens is 1. The molecule has 6 rings (SSSR count). The summed E-state index contributed by atoms with van der Waals surface area (Å²) in [5.74, 6) is -0.827. The number of ether oxygens (including phenoxy) is 3. The molecular formula is C33H39N3O6. The Kier molecular flexibility index (Phi) is 8.40. The van der Waals surface area contributed by atoms with Crippen LogP contribution in [0.4, 0.5) is 0 Å². The average Bonchev–Trinajstić information content (AvgIpc) is 3.47. The molecule has 0 unspecified atom stereocenters. The third-order valence-corrected chi connectivity index (χ3v) is 8.07. The van der Waals surface area contributed by atoms with E-state index >= 15 is 0 Å². The molecule has 0 saturated carbocycles. The van der Waals surface area contributed by atoms with Crippen molar-refractivity contribution in [2.45, 2.75) is 76.7 Å². The number of pyridine rings is 1. The fourth-order valence-electron chi connectivity index (χ4n) is 5.89. The van der Waals surface area contributed by atoms with Gasteiger partial charge < -0.3 is 29.3 Å². The van der Waals surface area contributed by atoms with Crippen molar-refractivity contribution in [2.24, 2.45) is 5.16 Å². The largest absolute Gasteiger partial charge is 0.393 e. The maximum Gasteiger partial charge on any atom is 0.190 e. The minimum atomic E-state index is -1.07. The molecule has 9 heteroatoms. The average molecular weight is 574 g/mol. The predicted octanol–water partition coefficient (Wildman–Crippen LogP) is 4.15. The molecule has 0 aliphatic carbocycles. The molecule has 5 atom stereocenters. The van der Waals surface area contributed by atoms with Crippen LogP contribution in [0.2, 0.25) is 0 Å². The summed E-state index contributed by atoms with van der Waals surface area (Å²) >= 11 is 0. The number of oxime groups is 1. The maximum absolute atomic E-state index is 10.5. The lowest BCUT2D eigenvalue weighted by Gasteiger charge is -2.29. The number of aliphatic hydroxyl groups is 2. The van der Waals surface area contributed by atoms with Gasteiger partial charge in [-0.1, -0.05) is 65.8 Å². The van der Waals surface area contributed by atoms with Gasteiger partial charge in [-0.2, -0.15) is 0 Å². The highest BCUT2D eigenvalue weighted by atomic mass is 16.8. The van der Waals surface area contributed by atoms with Gasteiger partial charge in [0, 0.05) is 49.3 Å². The first-order chi connectivity index (χ1) is 20.3. The van der Waals surface area contributed by atoms with Crippen LogP contribution in [0, 0.1) is 0 Å². The summed E-state index contributed by atoms with van der Waals surface area (Å²) in [6, 6.07) is 23.1. The molecule has 2 N–H and O–H groups in total. The minimum Gasteiger partial charge on any atom is -0.393 e. The summed E-state index contributed by atoms with van der Waals surface area (Å²) in [5.41, 5.74) is 7.70. The molecule has 2 aromatic carbocycles. The molecule has 9 nitrogen and oxygen atoms in total. The molecule has 2 fully saturated rings. The van der Waals surface area contributed by atoms with Gasteiger partial charge in [-0.3, -0.25) is 9.88 Å². The Hall–Kier alpha value is -3.18. The van der Waals surface area contributed by atoms with Crippen molar-refractivity contribution in [3.63, 3.8) is 0 Å². The second kappa shape index (κ2) is 12.2. The van der Waals surface area contributed by atoms with Gasteiger partial charge in [0.15, 0.2) is 12.1 Å². The molecule has 1 aromatic heterocycles. The van der Waals surface area contributed by atoms with Gasteiger partial charge in [-0.05, 0) is 38.0 Å². The van der Waals surface area contributed by atoms with Gasteiger partial charge in [-0.15, -0.1) is 0 Å². The topological polar surface area (TPSA) is 106 Å². The number of nitrogens with zero attached hydrogens (tertiary/aromatic N) is 3. The SMILES string of the molecule is C/C(CCN1CCc2nc(-c3ccccc3)c(-c3ccccc3)cc2C1)=N\OC[C@@H](O)[C@@H]1O[C@@H]2OC(C)(C)O[C@@H]2[C@H]1O. The molecule has 4 heterocycles. The molecule has 0 radical (unpaired) electrons. The summed E-state index contributed by atoms with van der Waals surface area (Å²) in [4.78, 5) is 13.0. The van der Waals surface area contributed by atoms with Crippen LogP contribution in [0.15, 0.2) is 71.9 Å². The molecule has 0 bridgehead atoms. The fourth-order valence-corrected chi connectivity index (χ4v) is 5.89. The van der Waals surface area contributed by atoms with Crippen LogP contribution in [0.3, 0.4) is 0 Å². The second-order valence-electron chi connectivity index (χ2n) is 11.7. The van der Waals surface area contributed by atoms with Crippen molar-refractivity contribution in [2.75, 3.05) is 19.7 Å². The Bertz CT molecular complexity index is 1400. The van der Waals surface area contributed by atoms with E-state index in [4.69, 9.17) is 24.0 Å². The van der Waals surface area contributed by atoms with E-state index in [-0.39, 0.29) is 6.61 Å². The molecule has 222 valence electrons. The Balaban J connectivity index is 1.04.